The lowest BCUT2D eigenvalue weighted by Crippen LogP contribution is -2.45. The Hall–Kier alpha value is -3.42. The van der Waals surface area contributed by atoms with Gasteiger partial charge in [0.15, 0.2) is 0 Å². The topological polar surface area (TPSA) is 0 Å². The van der Waals surface area contributed by atoms with Crippen molar-refractivity contribution >= 4 is 20.2 Å². The Balaban J connectivity index is 1.56. The summed E-state index contributed by atoms with van der Waals surface area (Å²) in [6.45, 7) is 19.9. The molecule has 2 unspecified atom stereocenters. The summed E-state index contributed by atoms with van der Waals surface area (Å²) in [4.78, 5) is 0. The molecule has 41 heavy (non-hydrogen) atoms. The third-order valence-corrected chi connectivity index (χ3v) is 13.7. The average molecular weight is 553 g/mol. The molecule has 0 bridgehead atoms. The van der Waals surface area contributed by atoms with Crippen molar-refractivity contribution in [2.45, 2.75) is 65.7 Å². The van der Waals surface area contributed by atoms with E-state index < -0.39 is 8.07 Å². The summed E-state index contributed by atoms with van der Waals surface area (Å²) in [5.41, 5.74) is 15.6. The second kappa shape index (κ2) is 9.84. The van der Waals surface area contributed by atoms with Gasteiger partial charge in [0, 0.05) is 11.1 Å². The fraction of sp³-hybridized carbons (Fsp3) is 0.300. The van der Waals surface area contributed by atoms with Crippen LogP contribution in [-0.2, 0) is 0 Å². The summed E-state index contributed by atoms with van der Waals surface area (Å²) < 4.78 is 0. The first-order valence-electron chi connectivity index (χ1n) is 15.2. The highest BCUT2D eigenvalue weighted by Gasteiger charge is 2.52. The van der Waals surface area contributed by atoms with E-state index in [0.717, 1.165) is 0 Å². The molecule has 0 radical (unpaired) electrons. The fourth-order valence-corrected chi connectivity index (χ4v) is 12.7. The van der Waals surface area contributed by atoms with Gasteiger partial charge in [-0.2, -0.15) is 0 Å². The van der Waals surface area contributed by atoms with Crippen molar-refractivity contribution in [2.24, 2.45) is 10.8 Å². The van der Waals surface area contributed by atoms with E-state index in [-0.39, 0.29) is 10.8 Å². The molecule has 208 valence electrons. The molecule has 0 nitrogen and oxygen atoms in total. The van der Waals surface area contributed by atoms with E-state index in [9.17, 15) is 0 Å². The van der Waals surface area contributed by atoms with Crippen LogP contribution in [-0.4, -0.2) is 8.07 Å². The van der Waals surface area contributed by atoms with E-state index in [0.29, 0.717) is 11.1 Å². The maximum absolute atomic E-state index is 2.68. The molecule has 0 N–H and O–H groups in total. The largest absolute Gasteiger partial charge is 0.0722 e. The van der Waals surface area contributed by atoms with Gasteiger partial charge in [0.05, 0.1) is 8.07 Å². The molecular weight excluding hydrogens is 509 g/mol. The van der Waals surface area contributed by atoms with Crippen molar-refractivity contribution in [3.8, 4) is 22.3 Å². The van der Waals surface area contributed by atoms with E-state index in [1.807, 2.05) is 0 Å². The quantitative estimate of drug-likeness (QED) is 0.221. The SMILES string of the molecule is CC(C)(C)C1=Cc2c(-c3ccccc3)cccc2C1[Si](C)(C)C1C(C(C)(C)C)=Cc2c(-c3ccccc3)cccc21. The minimum Gasteiger partial charge on any atom is -0.0679 e. The van der Waals surface area contributed by atoms with Gasteiger partial charge in [-0.15, -0.1) is 0 Å². The van der Waals surface area contributed by atoms with Crippen LogP contribution in [0, 0.1) is 10.8 Å². The van der Waals surface area contributed by atoms with Crippen LogP contribution in [0.5, 0.6) is 0 Å². The van der Waals surface area contributed by atoms with Crippen LogP contribution in [0.15, 0.2) is 108 Å². The molecule has 0 spiro atoms. The second-order valence-electron chi connectivity index (χ2n) is 14.7. The van der Waals surface area contributed by atoms with Crippen LogP contribution >= 0.6 is 0 Å². The minimum atomic E-state index is -2.07. The minimum absolute atomic E-state index is 0.0842. The van der Waals surface area contributed by atoms with Crippen molar-refractivity contribution < 1.29 is 0 Å². The van der Waals surface area contributed by atoms with Crippen LogP contribution in [0.3, 0.4) is 0 Å². The summed E-state index contributed by atoms with van der Waals surface area (Å²) in [5.74, 6) is 0. The molecule has 0 saturated heterocycles. The monoisotopic (exact) mass is 552 g/mol. The van der Waals surface area contributed by atoms with Crippen LogP contribution in [0.1, 0.15) is 74.9 Å². The maximum atomic E-state index is 2.68. The van der Waals surface area contributed by atoms with Gasteiger partial charge in [-0.25, -0.2) is 0 Å². The molecule has 6 rings (SSSR count). The van der Waals surface area contributed by atoms with E-state index in [1.165, 1.54) is 44.5 Å². The predicted molar refractivity (Wildman–Crippen MR) is 182 cm³/mol. The molecule has 4 aromatic rings. The maximum Gasteiger partial charge on any atom is 0.0722 e. The number of allylic oxidation sites excluding steroid dienone is 2. The van der Waals surface area contributed by atoms with Crippen LogP contribution in [0.25, 0.3) is 34.4 Å². The van der Waals surface area contributed by atoms with Crippen molar-refractivity contribution in [1.29, 1.82) is 0 Å². The summed E-state index contributed by atoms with van der Waals surface area (Å²) in [6, 6.07) is 36.0. The summed E-state index contributed by atoms with van der Waals surface area (Å²) in [7, 11) is -2.07. The first-order valence-corrected chi connectivity index (χ1v) is 18.4. The summed E-state index contributed by atoms with van der Waals surface area (Å²) in [6.07, 6.45) is 5.15. The third kappa shape index (κ3) is 4.69. The van der Waals surface area contributed by atoms with Gasteiger partial charge in [-0.1, -0.05) is 175 Å². The van der Waals surface area contributed by atoms with Crippen molar-refractivity contribution in [3.63, 3.8) is 0 Å². The lowest BCUT2D eigenvalue weighted by molar-refractivity contribution is 0.481. The smallest absolute Gasteiger partial charge is 0.0679 e. The molecule has 0 saturated carbocycles. The highest BCUT2D eigenvalue weighted by atomic mass is 28.3. The molecule has 2 aliphatic carbocycles. The summed E-state index contributed by atoms with van der Waals surface area (Å²) >= 11 is 0. The Bertz CT molecular complexity index is 1530. The molecular formula is C40H44Si. The molecule has 1 heteroatoms. The van der Waals surface area contributed by atoms with Crippen LogP contribution in [0.2, 0.25) is 13.1 Å². The van der Waals surface area contributed by atoms with Crippen LogP contribution in [0.4, 0.5) is 0 Å². The Morgan fingerprint density at radius 3 is 1.17 bits per heavy atom. The van der Waals surface area contributed by atoms with E-state index in [4.69, 9.17) is 0 Å². The highest BCUT2D eigenvalue weighted by molar-refractivity contribution is 6.82. The van der Waals surface area contributed by atoms with Gasteiger partial charge in [-0.05, 0) is 55.3 Å². The standard InChI is InChI=1S/C40H44Si/c1-39(2,3)35-25-33-29(27-17-11-9-12-18-27)21-15-23-31(33)37(35)41(7,8)38-32-24-16-22-30(28-19-13-10-14-20-28)34(32)26-36(38)40(4,5)6/h9-26,37-38H,1-8H3. The Morgan fingerprint density at radius 1 is 0.463 bits per heavy atom. The predicted octanol–water partition coefficient (Wildman–Crippen LogP) is 11.6. The highest BCUT2D eigenvalue weighted by Crippen LogP contribution is 2.59. The zero-order chi connectivity index (χ0) is 29.2. The molecule has 0 amide bonds. The molecule has 0 heterocycles. The first-order chi connectivity index (χ1) is 19.4. The zero-order valence-electron chi connectivity index (χ0n) is 26.0. The molecule has 0 fully saturated rings. The average Bonchev–Trinajstić information content (AvgIpc) is 3.55. The third-order valence-electron chi connectivity index (χ3n) is 9.51. The van der Waals surface area contributed by atoms with Gasteiger partial charge in [0.2, 0.25) is 0 Å². The van der Waals surface area contributed by atoms with Gasteiger partial charge in [-0.3, -0.25) is 0 Å². The number of benzene rings is 4. The Labute approximate surface area is 248 Å². The number of fused-ring (bicyclic) bond motifs is 2. The van der Waals surface area contributed by atoms with Gasteiger partial charge >= 0.3 is 0 Å². The number of hydrogen-bond donors (Lipinski definition) is 0. The zero-order valence-corrected chi connectivity index (χ0v) is 27.0. The lowest BCUT2D eigenvalue weighted by Gasteiger charge is -2.45. The van der Waals surface area contributed by atoms with Crippen molar-refractivity contribution in [2.75, 3.05) is 0 Å². The van der Waals surface area contributed by atoms with Gasteiger partial charge in [0.25, 0.3) is 0 Å². The Kier molecular flexibility index (Phi) is 6.66. The normalized spacial score (nSPS) is 18.5. The number of hydrogen-bond acceptors (Lipinski definition) is 0. The molecule has 0 aliphatic heterocycles. The Morgan fingerprint density at radius 2 is 0.829 bits per heavy atom. The van der Waals surface area contributed by atoms with Gasteiger partial charge in [0.1, 0.15) is 0 Å². The summed E-state index contributed by atoms with van der Waals surface area (Å²) in [5, 5.41) is 0. The first kappa shape index (κ1) is 27.7. The van der Waals surface area contributed by atoms with E-state index in [2.05, 4.69) is 164 Å². The van der Waals surface area contributed by atoms with E-state index >= 15 is 0 Å². The van der Waals surface area contributed by atoms with Crippen LogP contribution < -0.4 is 0 Å². The molecule has 2 atom stereocenters. The van der Waals surface area contributed by atoms with E-state index in [1.54, 1.807) is 11.1 Å². The van der Waals surface area contributed by atoms with Crippen molar-refractivity contribution in [1.82, 2.24) is 0 Å². The van der Waals surface area contributed by atoms with Gasteiger partial charge < -0.3 is 0 Å². The number of rotatable bonds is 4. The molecule has 0 aromatic heterocycles. The second-order valence-corrected chi connectivity index (χ2v) is 19.5. The molecule has 2 aliphatic rings. The fourth-order valence-electron chi connectivity index (χ4n) is 7.61. The molecule has 4 aromatic carbocycles. The van der Waals surface area contributed by atoms with Crippen molar-refractivity contribution in [3.05, 3.63) is 130 Å². The lowest BCUT2D eigenvalue weighted by atomic mass is 9.84.